The number of carbonyl (C=O) groups is 1. The van der Waals surface area contributed by atoms with Crippen molar-refractivity contribution in [2.75, 3.05) is 11.1 Å². The van der Waals surface area contributed by atoms with Crippen LogP contribution in [0, 0.1) is 0 Å². The molecule has 0 aliphatic carbocycles. The van der Waals surface area contributed by atoms with E-state index in [1.165, 1.54) is 11.3 Å². The van der Waals surface area contributed by atoms with Gasteiger partial charge in [0.1, 0.15) is 0 Å². The monoisotopic (exact) mass is 286 g/mol. The number of nitrogens with one attached hydrogen (secondary N) is 1. The number of hydrogen-bond donors (Lipinski definition) is 1. The minimum absolute atomic E-state index is 0.0183. The van der Waals surface area contributed by atoms with E-state index in [4.69, 9.17) is 0 Å². The highest BCUT2D eigenvalue weighted by Gasteiger charge is 2.18. The molecular weight excluding hydrogens is 264 g/mol. The van der Waals surface area contributed by atoms with Gasteiger partial charge in [0, 0.05) is 15.5 Å². The molecule has 0 fully saturated rings. The van der Waals surface area contributed by atoms with Crippen molar-refractivity contribution in [1.29, 1.82) is 0 Å². The zero-order valence-corrected chi connectivity index (χ0v) is 13.6. The van der Waals surface area contributed by atoms with Gasteiger partial charge < -0.3 is 5.32 Å². The maximum atomic E-state index is 11.8. The van der Waals surface area contributed by atoms with Gasteiger partial charge in [0.05, 0.1) is 11.4 Å². The maximum Gasteiger partial charge on any atom is 0.236 e. The molecule has 0 aromatic carbocycles. The van der Waals surface area contributed by atoms with Gasteiger partial charge in [-0.1, -0.05) is 41.5 Å². The standard InChI is InChI=1S/C13H22N2OS2/c1-12(2,3)9-7-17-11(14-9)15-10(16)8-18-13(4,5)6/h7H,8H2,1-6H3,(H,14,15,16). The number of anilines is 1. The summed E-state index contributed by atoms with van der Waals surface area (Å²) in [5.41, 5.74) is 1.05. The van der Waals surface area contributed by atoms with E-state index < -0.39 is 0 Å². The van der Waals surface area contributed by atoms with E-state index in [0.29, 0.717) is 10.9 Å². The fourth-order valence-electron chi connectivity index (χ4n) is 1.11. The SMILES string of the molecule is CC(C)(C)SCC(=O)Nc1nc(C(C)(C)C)cs1. The molecule has 0 unspecified atom stereocenters. The van der Waals surface area contributed by atoms with Crippen LogP contribution < -0.4 is 5.32 Å². The zero-order chi connectivity index (χ0) is 14.0. The van der Waals surface area contributed by atoms with Crippen molar-refractivity contribution in [3.63, 3.8) is 0 Å². The second kappa shape index (κ2) is 5.61. The molecule has 102 valence electrons. The van der Waals surface area contributed by atoms with Crippen LogP contribution in [0.1, 0.15) is 47.2 Å². The lowest BCUT2D eigenvalue weighted by Gasteiger charge is -2.16. The van der Waals surface area contributed by atoms with E-state index in [1.54, 1.807) is 11.8 Å². The average molecular weight is 286 g/mol. The first-order valence-corrected chi connectivity index (χ1v) is 7.84. The molecule has 18 heavy (non-hydrogen) atoms. The van der Waals surface area contributed by atoms with Crippen molar-refractivity contribution < 1.29 is 4.79 Å². The summed E-state index contributed by atoms with van der Waals surface area (Å²) in [6.45, 7) is 12.7. The van der Waals surface area contributed by atoms with Gasteiger partial charge in [0.2, 0.25) is 5.91 Å². The van der Waals surface area contributed by atoms with Crippen molar-refractivity contribution in [3.8, 4) is 0 Å². The van der Waals surface area contributed by atoms with Crippen LogP contribution in [0.5, 0.6) is 0 Å². The number of thiazole rings is 1. The predicted molar refractivity (Wildman–Crippen MR) is 81.7 cm³/mol. The Morgan fingerprint density at radius 3 is 2.39 bits per heavy atom. The van der Waals surface area contributed by atoms with Gasteiger partial charge in [-0.2, -0.15) is 0 Å². The quantitative estimate of drug-likeness (QED) is 0.916. The molecule has 0 spiro atoms. The minimum Gasteiger partial charge on any atom is -0.301 e. The number of nitrogens with zero attached hydrogens (tertiary/aromatic N) is 1. The third-order valence-electron chi connectivity index (χ3n) is 2.16. The molecule has 0 atom stereocenters. The van der Waals surface area contributed by atoms with Crippen LogP contribution in [0.3, 0.4) is 0 Å². The first-order valence-electron chi connectivity index (χ1n) is 5.98. The maximum absolute atomic E-state index is 11.8. The third kappa shape index (κ3) is 5.40. The van der Waals surface area contributed by atoms with Crippen molar-refractivity contribution in [2.45, 2.75) is 51.7 Å². The summed E-state index contributed by atoms with van der Waals surface area (Å²) >= 11 is 3.12. The summed E-state index contributed by atoms with van der Waals surface area (Å²) in [6, 6.07) is 0. The van der Waals surface area contributed by atoms with Crippen molar-refractivity contribution >= 4 is 34.1 Å². The summed E-state index contributed by atoms with van der Waals surface area (Å²) < 4.78 is 0.108. The van der Waals surface area contributed by atoms with Crippen molar-refractivity contribution in [2.24, 2.45) is 0 Å². The Kier molecular flexibility index (Phi) is 4.84. The number of carbonyl (C=O) groups excluding carboxylic acids is 1. The highest BCUT2D eigenvalue weighted by Crippen LogP contribution is 2.27. The molecule has 1 amide bonds. The molecule has 1 N–H and O–H groups in total. The molecule has 0 aliphatic heterocycles. The van der Waals surface area contributed by atoms with E-state index in [1.807, 2.05) is 5.38 Å². The smallest absolute Gasteiger partial charge is 0.236 e. The Balaban J connectivity index is 2.53. The number of amides is 1. The predicted octanol–water partition coefficient (Wildman–Crippen LogP) is 3.91. The average Bonchev–Trinajstić information content (AvgIpc) is 2.61. The number of aromatic nitrogens is 1. The lowest BCUT2D eigenvalue weighted by molar-refractivity contribution is -0.113. The first kappa shape index (κ1) is 15.5. The number of rotatable bonds is 3. The highest BCUT2D eigenvalue weighted by atomic mass is 32.2. The Hall–Kier alpha value is -0.550. The van der Waals surface area contributed by atoms with E-state index >= 15 is 0 Å². The van der Waals surface area contributed by atoms with Crippen molar-refractivity contribution in [1.82, 2.24) is 4.98 Å². The fourth-order valence-corrected chi connectivity index (χ4v) is 2.70. The van der Waals surface area contributed by atoms with Crippen LogP contribution >= 0.6 is 23.1 Å². The summed E-state index contributed by atoms with van der Waals surface area (Å²) in [5, 5.41) is 5.56. The van der Waals surface area contributed by atoms with Gasteiger partial charge in [0.25, 0.3) is 0 Å². The van der Waals surface area contributed by atoms with E-state index in [-0.39, 0.29) is 16.1 Å². The summed E-state index contributed by atoms with van der Waals surface area (Å²) in [5.74, 6) is 0.484. The fraction of sp³-hybridized carbons (Fsp3) is 0.692. The zero-order valence-electron chi connectivity index (χ0n) is 12.0. The molecule has 1 rings (SSSR count). The Labute approximate surface area is 118 Å². The minimum atomic E-state index is 0.0183. The van der Waals surface area contributed by atoms with Gasteiger partial charge in [-0.3, -0.25) is 4.79 Å². The lowest BCUT2D eigenvalue weighted by Crippen LogP contribution is -2.19. The number of hydrogen-bond acceptors (Lipinski definition) is 4. The van der Waals surface area contributed by atoms with Gasteiger partial charge in [0.15, 0.2) is 5.13 Å². The molecule has 5 heteroatoms. The van der Waals surface area contributed by atoms with Gasteiger partial charge in [-0.15, -0.1) is 23.1 Å². The van der Waals surface area contributed by atoms with Crippen LogP contribution in [0.25, 0.3) is 0 Å². The van der Waals surface area contributed by atoms with Crippen LogP contribution in [0.2, 0.25) is 0 Å². The Morgan fingerprint density at radius 1 is 1.33 bits per heavy atom. The largest absolute Gasteiger partial charge is 0.301 e. The topological polar surface area (TPSA) is 42.0 Å². The molecule has 0 radical (unpaired) electrons. The molecule has 1 aromatic rings. The Bertz CT molecular complexity index is 413. The van der Waals surface area contributed by atoms with E-state index in [0.717, 1.165) is 5.69 Å². The van der Waals surface area contributed by atoms with Crippen LogP contribution in [-0.2, 0) is 10.2 Å². The summed E-state index contributed by atoms with van der Waals surface area (Å²) in [7, 11) is 0. The van der Waals surface area contributed by atoms with E-state index in [9.17, 15) is 4.79 Å². The molecule has 0 saturated carbocycles. The van der Waals surface area contributed by atoms with Gasteiger partial charge in [-0.05, 0) is 0 Å². The van der Waals surface area contributed by atoms with Crippen LogP contribution in [0.4, 0.5) is 5.13 Å². The second-order valence-electron chi connectivity index (χ2n) is 6.24. The summed E-state index contributed by atoms with van der Waals surface area (Å²) in [6.07, 6.45) is 0. The summed E-state index contributed by atoms with van der Waals surface area (Å²) in [4.78, 5) is 16.2. The van der Waals surface area contributed by atoms with Gasteiger partial charge >= 0.3 is 0 Å². The van der Waals surface area contributed by atoms with Gasteiger partial charge in [-0.25, -0.2) is 4.98 Å². The lowest BCUT2D eigenvalue weighted by atomic mass is 9.93. The molecule has 1 aromatic heterocycles. The van der Waals surface area contributed by atoms with Crippen molar-refractivity contribution in [3.05, 3.63) is 11.1 Å². The second-order valence-corrected chi connectivity index (χ2v) is 8.90. The molecular formula is C13H22N2OS2. The first-order chi connectivity index (χ1) is 8.08. The number of thioether (sulfide) groups is 1. The molecule has 0 bridgehead atoms. The molecule has 0 aliphatic rings. The molecule has 3 nitrogen and oxygen atoms in total. The Morgan fingerprint density at radius 2 is 1.94 bits per heavy atom. The van der Waals surface area contributed by atoms with Crippen LogP contribution in [-0.4, -0.2) is 21.4 Å². The molecule has 0 saturated heterocycles. The third-order valence-corrected chi connectivity index (χ3v) is 4.19. The van der Waals surface area contributed by atoms with E-state index in [2.05, 4.69) is 51.8 Å². The molecule has 1 heterocycles. The van der Waals surface area contributed by atoms with Crippen LogP contribution in [0.15, 0.2) is 5.38 Å². The highest BCUT2D eigenvalue weighted by molar-refractivity contribution is 8.01. The normalized spacial score (nSPS) is 12.6.